The first kappa shape index (κ1) is 19.8. The SMILES string of the molecule is COc1cc(C(=O)N2CCC[C@@H]2c2ccccc2Cl)ccc1-c1ccccc1Cl. The van der Waals surface area contributed by atoms with Crippen LogP contribution in [0.1, 0.15) is 34.8 Å². The van der Waals surface area contributed by atoms with Crippen LogP contribution in [-0.4, -0.2) is 24.5 Å². The van der Waals surface area contributed by atoms with Crippen molar-refractivity contribution < 1.29 is 9.53 Å². The van der Waals surface area contributed by atoms with E-state index >= 15 is 0 Å². The van der Waals surface area contributed by atoms with Gasteiger partial charge in [0.25, 0.3) is 5.91 Å². The van der Waals surface area contributed by atoms with Crippen molar-refractivity contribution in [3.8, 4) is 16.9 Å². The van der Waals surface area contributed by atoms with Gasteiger partial charge in [-0.05, 0) is 48.7 Å². The Morgan fingerprint density at radius 3 is 2.41 bits per heavy atom. The van der Waals surface area contributed by atoms with E-state index in [0.717, 1.165) is 29.5 Å². The number of methoxy groups -OCH3 is 1. The summed E-state index contributed by atoms with van der Waals surface area (Å²) < 4.78 is 5.59. The Morgan fingerprint density at radius 2 is 1.69 bits per heavy atom. The summed E-state index contributed by atoms with van der Waals surface area (Å²) >= 11 is 12.8. The van der Waals surface area contributed by atoms with E-state index in [1.165, 1.54) is 0 Å². The van der Waals surface area contributed by atoms with Gasteiger partial charge in [0, 0.05) is 33.3 Å². The molecule has 3 aromatic rings. The molecule has 5 heteroatoms. The maximum atomic E-state index is 13.3. The van der Waals surface area contributed by atoms with Gasteiger partial charge in [-0.2, -0.15) is 0 Å². The summed E-state index contributed by atoms with van der Waals surface area (Å²) in [4.78, 5) is 15.2. The van der Waals surface area contributed by atoms with Gasteiger partial charge < -0.3 is 9.64 Å². The number of hydrogen-bond donors (Lipinski definition) is 0. The van der Waals surface area contributed by atoms with E-state index in [1.54, 1.807) is 13.2 Å². The average Bonchev–Trinajstić information content (AvgIpc) is 3.23. The topological polar surface area (TPSA) is 29.5 Å². The van der Waals surface area contributed by atoms with E-state index in [9.17, 15) is 4.79 Å². The number of halogens is 2. The molecule has 0 saturated carbocycles. The predicted octanol–water partition coefficient (Wildman–Crippen LogP) is 6.65. The van der Waals surface area contributed by atoms with Gasteiger partial charge in [-0.1, -0.05) is 59.6 Å². The van der Waals surface area contributed by atoms with Crippen LogP contribution in [0.15, 0.2) is 66.7 Å². The molecular formula is C24H21Cl2NO2. The lowest BCUT2D eigenvalue weighted by Gasteiger charge is -2.26. The monoisotopic (exact) mass is 425 g/mol. The second-order valence-corrected chi connectivity index (χ2v) is 7.89. The Morgan fingerprint density at radius 1 is 0.966 bits per heavy atom. The first-order valence-corrected chi connectivity index (χ1v) is 10.3. The van der Waals surface area contributed by atoms with Gasteiger partial charge in [-0.15, -0.1) is 0 Å². The molecular weight excluding hydrogens is 405 g/mol. The Kier molecular flexibility index (Phi) is 5.79. The van der Waals surface area contributed by atoms with Crippen LogP contribution in [0.5, 0.6) is 5.75 Å². The van der Waals surface area contributed by atoms with Crippen molar-refractivity contribution in [2.75, 3.05) is 13.7 Å². The van der Waals surface area contributed by atoms with Gasteiger partial charge in [0.2, 0.25) is 0 Å². The fraction of sp³-hybridized carbons (Fsp3) is 0.208. The molecule has 3 aromatic carbocycles. The number of amides is 1. The zero-order valence-electron chi connectivity index (χ0n) is 16.1. The van der Waals surface area contributed by atoms with E-state index in [2.05, 4.69) is 0 Å². The molecule has 0 unspecified atom stereocenters. The zero-order valence-corrected chi connectivity index (χ0v) is 17.6. The molecule has 1 atom stereocenters. The molecule has 3 nitrogen and oxygen atoms in total. The Bertz CT molecular complexity index is 1050. The van der Waals surface area contributed by atoms with Crippen LogP contribution in [0, 0.1) is 0 Å². The number of carbonyl (C=O) groups excluding carboxylic acids is 1. The van der Waals surface area contributed by atoms with E-state index in [0.29, 0.717) is 27.9 Å². The summed E-state index contributed by atoms with van der Waals surface area (Å²) in [5.74, 6) is 0.605. The van der Waals surface area contributed by atoms with Crippen molar-refractivity contribution >= 4 is 29.1 Å². The Hall–Kier alpha value is -2.49. The third kappa shape index (κ3) is 3.85. The standard InChI is InChI=1S/C24H21Cl2NO2/c1-29-23-15-16(12-13-18(23)17-7-2-4-9-20(17)25)24(28)27-14-6-11-22(27)19-8-3-5-10-21(19)26/h2-5,7-10,12-13,15,22H,6,11,14H2,1H3/t22-/m1/s1. The first-order valence-electron chi connectivity index (χ1n) is 9.58. The third-order valence-electron chi connectivity index (χ3n) is 5.39. The molecule has 0 N–H and O–H groups in total. The highest BCUT2D eigenvalue weighted by Crippen LogP contribution is 2.39. The van der Waals surface area contributed by atoms with Crippen LogP contribution in [0.2, 0.25) is 10.0 Å². The molecule has 1 aliphatic rings. The van der Waals surface area contributed by atoms with Crippen LogP contribution in [0.25, 0.3) is 11.1 Å². The zero-order chi connectivity index (χ0) is 20.4. The molecule has 0 bridgehead atoms. The lowest BCUT2D eigenvalue weighted by atomic mass is 10.0. The van der Waals surface area contributed by atoms with E-state index in [1.807, 2.05) is 65.6 Å². The number of nitrogens with zero attached hydrogens (tertiary/aromatic N) is 1. The largest absolute Gasteiger partial charge is 0.496 e. The number of rotatable bonds is 4. The summed E-state index contributed by atoms with van der Waals surface area (Å²) in [7, 11) is 1.60. The molecule has 1 aliphatic heterocycles. The molecule has 1 fully saturated rings. The smallest absolute Gasteiger partial charge is 0.254 e. The maximum absolute atomic E-state index is 13.3. The summed E-state index contributed by atoms with van der Waals surface area (Å²) in [6.45, 7) is 0.712. The second-order valence-electron chi connectivity index (χ2n) is 7.07. The van der Waals surface area contributed by atoms with Gasteiger partial charge in [0.15, 0.2) is 0 Å². The molecule has 0 spiro atoms. The molecule has 29 heavy (non-hydrogen) atoms. The van der Waals surface area contributed by atoms with Crippen molar-refractivity contribution in [2.24, 2.45) is 0 Å². The van der Waals surface area contributed by atoms with Gasteiger partial charge in [-0.3, -0.25) is 4.79 Å². The molecule has 0 radical (unpaired) electrons. The van der Waals surface area contributed by atoms with Crippen molar-refractivity contribution in [3.63, 3.8) is 0 Å². The normalized spacial score (nSPS) is 16.1. The Balaban J connectivity index is 1.67. The van der Waals surface area contributed by atoms with Crippen LogP contribution in [-0.2, 0) is 0 Å². The lowest BCUT2D eigenvalue weighted by Crippen LogP contribution is -2.30. The number of carbonyl (C=O) groups is 1. The highest BCUT2D eigenvalue weighted by molar-refractivity contribution is 6.33. The van der Waals surface area contributed by atoms with Crippen molar-refractivity contribution in [1.82, 2.24) is 4.90 Å². The molecule has 1 saturated heterocycles. The number of likely N-dealkylation sites (tertiary alicyclic amines) is 1. The van der Waals surface area contributed by atoms with Crippen molar-refractivity contribution in [1.29, 1.82) is 0 Å². The third-order valence-corrected chi connectivity index (χ3v) is 6.06. The van der Waals surface area contributed by atoms with E-state index in [4.69, 9.17) is 27.9 Å². The van der Waals surface area contributed by atoms with Crippen LogP contribution < -0.4 is 4.74 Å². The van der Waals surface area contributed by atoms with E-state index < -0.39 is 0 Å². The van der Waals surface area contributed by atoms with Crippen LogP contribution in [0.3, 0.4) is 0 Å². The Labute approximate surface area is 180 Å². The molecule has 4 rings (SSSR count). The molecule has 0 aliphatic carbocycles. The van der Waals surface area contributed by atoms with Gasteiger partial charge in [0.1, 0.15) is 5.75 Å². The number of benzene rings is 3. The lowest BCUT2D eigenvalue weighted by molar-refractivity contribution is 0.0735. The quantitative estimate of drug-likeness (QED) is 0.468. The minimum atomic E-state index is -0.0172. The minimum absolute atomic E-state index is 0.00885. The summed E-state index contributed by atoms with van der Waals surface area (Å²) in [5.41, 5.74) is 3.33. The summed E-state index contributed by atoms with van der Waals surface area (Å²) in [5, 5.41) is 1.34. The van der Waals surface area contributed by atoms with Crippen LogP contribution >= 0.6 is 23.2 Å². The minimum Gasteiger partial charge on any atom is -0.496 e. The average molecular weight is 426 g/mol. The highest BCUT2D eigenvalue weighted by atomic mass is 35.5. The predicted molar refractivity (Wildman–Crippen MR) is 118 cm³/mol. The summed E-state index contributed by atoms with van der Waals surface area (Å²) in [6.07, 6.45) is 1.86. The molecule has 1 heterocycles. The van der Waals surface area contributed by atoms with Gasteiger partial charge >= 0.3 is 0 Å². The molecule has 0 aromatic heterocycles. The van der Waals surface area contributed by atoms with Gasteiger partial charge in [-0.25, -0.2) is 0 Å². The van der Waals surface area contributed by atoms with Crippen molar-refractivity contribution in [2.45, 2.75) is 18.9 Å². The first-order chi connectivity index (χ1) is 14.1. The molecule has 148 valence electrons. The second kappa shape index (κ2) is 8.48. The fourth-order valence-electron chi connectivity index (χ4n) is 3.97. The van der Waals surface area contributed by atoms with Crippen LogP contribution in [0.4, 0.5) is 0 Å². The number of ether oxygens (including phenoxy) is 1. The fourth-order valence-corrected chi connectivity index (χ4v) is 4.47. The number of hydrogen-bond acceptors (Lipinski definition) is 2. The summed E-state index contributed by atoms with van der Waals surface area (Å²) in [6, 6.07) is 20.9. The van der Waals surface area contributed by atoms with E-state index in [-0.39, 0.29) is 11.9 Å². The molecule has 1 amide bonds. The maximum Gasteiger partial charge on any atom is 0.254 e. The van der Waals surface area contributed by atoms with Gasteiger partial charge in [0.05, 0.1) is 13.2 Å². The van der Waals surface area contributed by atoms with Crippen molar-refractivity contribution in [3.05, 3.63) is 87.9 Å². The highest BCUT2D eigenvalue weighted by Gasteiger charge is 2.32.